The van der Waals surface area contributed by atoms with Gasteiger partial charge in [0.2, 0.25) is 0 Å². The second kappa shape index (κ2) is 10.1. The maximum atomic E-state index is 11.9. The molecule has 140 valence electrons. The Balaban J connectivity index is 4.89. The number of alkyl carbamates (subject to hydrolysis) is 1. The number of carbonyl (C=O) groups excluding carboxylic acids is 3. The Bertz CT molecular complexity index is 431. The molecule has 0 aliphatic rings. The van der Waals surface area contributed by atoms with Crippen molar-refractivity contribution < 1.29 is 28.6 Å². The molecule has 8 nitrogen and oxygen atoms in total. The first-order valence-corrected chi connectivity index (χ1v) is 7.88. The first-order chi connectivity index (χ1) is 11.0. The first kappa shape index (κ1) is 22.2. The summed E-state index contributed by atoms with van der Waals surface area (Å²) in [6, 6.07) is -1.58. The van der Waals surface area contributed by atoms with Gasteiger partial charge in [0, 0.05) is 6.54 Å². The monoisotopic (exact) mass is 346 g/mol. The van der Waals surface area contributed by atoms with Gasteiger partial charge in [-0.2, -0.15) is 0 Å². The van der Waals surface area contributed by atoms with Gasteiger partial charge < -0.3 is 19.5 Å². The molecule has 0 radical (unpaired) electrons. The van der Waals surface area contributed by atoms with Crippen molar-refractivity contribution in [3.05, 3.63) is 0 Å². The van der Waals surface area contributed by atoms with Crippen molar-refractivity contribution in [3.8, 4) is 0 Å². The first-order valence-electron chi connectivity index (χ1n) is 7.88. The molecule has 0 heterocycles. The smallest absolute Gasteiger partial charge is 0.407 e. The Kier molecular flexibility index (Phi) is 9.35. The second-order valence-corrected chi connectivity index (χ2v) is 6.83. The average molecular weight is 346 g/mol. The predicted octanol–water partition coefficient (Wildman–Crippen LogP) is 1.23. The van der Waals surface area contributed by atoms with E-state index in [1.165, 1.54) is 14.2 Å². The van der Waals surface area contributed by atoms with Crippen molar-refractivity contribution in [1.82, 2.24) is 10.6 Å². The van der Waals surface area contributed by atoms with Gasteiger partial charge in [-0.25, -0.2) is 4.79 Å². The summed E-state index contributed by atoms with van der Waals surface area (Å²) < 4.78 is 14.6. The molecule has 0 aromatic heterocycles. The summed E-state index contributed by atoms with van der Waals surface area (Å²) in [6.45, 7) is 9.02. The number of amides is 1. The minimum Gasteiger partial charge on any atom is -0.468 e. The maximum Gasteiger partial charge on any atom is 0.407 e. The number of hydrogen-bond donors (Lipinski definition) is 2. The van der Waals surface area contributed by atoms with Crippen LogP contribution in [0.3, 0.4) is 0 Å². The molecule has 0 aliphatic heterocycles. The number of esters is 2. The molecule has 0 aromatic rings. The molecule has 2 N–H and O–H groups in total. The summed E-state index contributed by atoms with van der Waals surface area (Å²) >= 11 is 0. The molecule has 0 saturated carbocycles. The zero-order chi connectivity index (χ0) is 18.9. The van der Waals surface area contributed by atoms with Gasteiger partial charge >= 0.3 is 18.0 Å². The topological polar surface area (TPSA) is 103 Å². The van der Waals surface area contributed by atoms with Gasteiger partial charge in [-0.15, -0.1) is 0 Å². The molecule has 0 bridgehead atoms. The molecule has 2 unspecified atom stereocenters. The van der Waals surface area contributed by atoms with Crippen molar-refractivity contribution in [2.45, 2.75) is 58.7 Å². The average Bonchev–Trinajstić information content (AvgIpc) is 2.46. The third kappa shape index (κ3) is 9.34. The molecule has 0 fully saturated rings. The van der Waals surface area contributed by atoms with Crippen LogP contribution in [0.5, 0.6) is 0 Å². The number of ether oxygens (including phenoxy) is 3. The molecule has 0 aromatic carbocycles. The highest BCUT2D eigenvalue weighted by Gasteiger charge is 2.29. The van der Waals surface area contributed by atoms with Crippen LogP contribution in [-0.2, 0) is 23.8 Å². The molecule has 1 amide bonds. The van der Waals surface area contributed by atoms with Crippen LogP contribution in [0.1, 0.15) is 41.0 Å². The van der Waals surface area contributed by atoms with E-state index in [1.807, 2.05) is 13.8 Å². The zero-order valence-corrected chi connectivity index (χ0v) is 15.6. The lowest BCUT2D eigenvalue weighted by Crippen LogP contribution is -2.53. The number of methoxy groups -OCH3 is 2. The van der Waals surface area contributed by atoms with Crippen LogP contribution in [0.15, 0.2) is 0 Å². The van der Waals surface area contributed by atoms with Gasteiger partial charge in [-0.05, 0) is 33.1 Å². The van der Waals surface area contributed by atoms with E-state index >= 15 is 0 Å². The normalized spacial score (nSPS) is 13.8. The summed E-state index contributed by atoms with van der Waals surface area (Å²) in [6.07, 6.45) is -0.177. The molecule has 8 heteroatoms. The Labute approximate surface area is 143 Å². The molecule has 0 aliphatic carbocycles. The van der Waals surface area contributed by atoms with E-state index in [4.69, 9.17) is 14.2 Å². The summed E-state index contributed by atoms with van der Waals surface area (Å²) in [7, 11) is 2.52. The van der Waals surface area contributed by atoms with Gasteiger partial charge in [-0.1, -0.05) is 13.8 Å². The summed E-state index contributed by atoms with van der Waals surface area (Å²) in [5.41, 5.74) is -0.648. The van der Waals surface area contributed by atoms with E-state index in [0.29, 0.717) is 6.42 Å². The molecule has 24 heavy (non-hydrogen) atoms. The second-order valence-electron chi connectivity index (χ2n) is 6.83. The van der Waals surface area contributed by atoms with Gasteiger partial charge in [-0.3, -0.25) is 14.9 Å². The number of nitrogens with one attached hydrogen (secondary N) is 2. The standard InChI is InChI=1S/C16H30N2O6/c1-10(2)8-11(13(19)22-6)18-12(14(20)23-7)9-17-15(21)24-16(3,4)5/h10-12,18H,8-9H2,1-7H3,(H,17,21). The van der Waals surface area contributed by atoms with Crippen LogP contribution in [0.25, 0.3) is 0 Å². The molecule has 0 rings (SSSR count). The highest BCUT2D eigenvalue weighted by Crippen LogP contribution is 2.08. The van der Waals surface area contributed by atoms with Gasteiger partial charge in [0.25, 0.3) is 0 Å². The van der Waals surface area contributed by atoms with Crippen molar-refractivity contribution >= 4 is 18.0 Å². The third-order valence-corrected chi connectivity index (χ3v) is 2.93. The predicted molar refractivity (Wildman–Crippen MR) is 88.4 cm³/mol. The van der Waals surface area contributed by atoms with E-state index in [-0.39, 0.29) is 12.5 Å². The fraction of sp³-hybridized carbons (Fsp3) is 0.812. The van der Waals surface area contributed by atoms with E-state index in [2.05, 4.69) is 10.6 Å². The third-order valence-electron chi connectivity index (χ3n) is 2.93. The molecular weight excluding hydrogens is 316 g/mol. The maximum absolute atomic E-state index is 11.9. The number of hydrogen-bond acceptors (Lipinski definition) is 7. The summed E-state index contributed by atoms with van der Waals surface area (Å²) in [5.74, 6) is -0.864. The van der Waals surface area contributed by atoms with Crippen LogP contribution in [0, 0.1) is 5.92 Å². The molecule has 2 atom stereocenters. The van der Waals surface area contributed by atoms with Crippen LogP contribution < -0.4 is 10.6 Å². The lowest BCUT2D eigenvalue weighted by Gasteiger charge is -2.25. The van der Waals surface area contributed by atoms with Gasteiger partial charge in [0.1, 0.15) is 17.7 Å². The van der Waals surface area contributed by atoms with Crippen LogP contribution in [0.2, 0.25) is 0 Å². The lowest BCUT2D eigenvalue weighted by atomic mass is 10.0. The van der Waals surface area contributed by atoms with Crippen molar-refractivity contribution in [2.75, 3.05) is 20.8 Å². The van der Waals surface area contributed by atoms with E-state index < -0.39 is 35.7 Å². The largest absolute Gasteiger partial charge is 0.468 e. The SMILES string of the molecule is COC(=O)C(CNC(=O)OC(C)(C)C)NC(CC(C)C)C(=O)OC. The molecule has 0 spiro atoms. The summed E-state index contributed by atoms with van der Waals surface area (Å²) in [4.78, 5) is 35.5. The Hall–Kier alpha value is -1.83. The number of rotatable bonds is 8. The van der Waals surface area contributed by atoms with Crippen molar-refractivity contribution in [2.24, 2.45) is 5.92 Å². The minimum absolute atomic E-state index is 0.0762. The highest BCUT2D eigenvalue weighted by molar-refractivity contribution is 5.80. The highest BCUT2D eigenvalue weighted by atomic mass is 16.6. The van der Waals surface area contributed by atoms with E-state index in [0.717, 1.165) is 0 Å². The zero-order valence-electron chi connectivity index (χ0n) is 15.6. The molecular formula is C16H30N2O6. The fourth-order valence-corrected chi connectivity index (χ4v) is 1.94. The van der Waals surface area contributed by atoms with E-state index in [1.54, 1.807) is 20.8 Å². The number of carbonyl (C=O) groups is 3. The Morgan fingerprint density at radius 3 is 1.88 bits per heavy atom. The fourth-order valence-electron chi connectivity index (χ4n) is 1.94. The van der Waals surface area contributed by atoms with E-state index in [9.17, 15) is 14.4 Å². The Morgan fingerprint density at radius 1 is 0.958 bits per heavy atom. The van der Waals surface area contributed by atoms with Crippen LogP contribution in [-0.4, -0.2) is 56.5 Å². The van der Waals surface area contributed by atoms with Crippen LogP contribution >= 0.6 is 0 Å². The summed E-state index contributed by atoms with van der Waals surface area (Å²) in [5, 5.41) is 5.38. The quantitative estimate of drug-likeness (QED) is 0.503. The van der Waals surface area contributed by atoms with Crippen molar-refractivity contribution in [3.63, 3.8) is 0 Å². The lowest BCUT2D eigenvalue weighted by molar-refractivity contribution is -0.146. The minimum atomic E-state index is -0.898. The Morgan fingerprint density at radius 2 is 1.46 bits per heavy atom. The van der Waals surface area contributed by atoms with Crippen LogP contribution in [0.4, 0.5) is 4.79 Å². The van der Waals surface area contributed by atoms with Crippen molar-refractivity contribution in [1.29, 1.82) is 0 Å². The van der Waals surface area contributed by atoms with Gasteiger partial charge in [0.05, 0.1) is 14.2 Å². The molecule has 0 saturated heterocycles. The van der Waals surface area contributed by atoms with Gasteiger partial charge in [0.15, 0.2) is 0 Å².